The molecule has 1 unspecified atom stereocenters. The summed E-state index contributed by atoms with van der Waals surface area (Å²) < 4.78 is 16.4. The first-order chi connectivity index (χ1) is 10.9. The molecular weight excluding hydrogens is 292 g/mol. The molecule has 1 atom stereocenters. The zero-order chi connectivity index (χ0) is 17.1. The number of ether oxygens (including phenoxy) is 3. The zero-order valence-electron chi connectivity index (χ0n) is 15.1. The molecule has 0 N–H and O–H groups in total. The van der Waals surface area contributed by atoms with Gasteiger partial charge >= 0.3 is 5.97 Å². The summed E-state index contributed by atoms with van der Waals surface area (Å²) in [5, 5.41) is 0. The Morgan fingerprint density at radius 1 is 1.22 bits per heavy atom. The molecule has 0 aromatic carbocycles. The van der Waals surface area contributed by atoms with Gasteiger partial charge in [-0.25, -0.2) is 0 Å². The first-order valence-electron chi connectivity index (χ1n) is 8.60. The van der Waals surface area contributed by atoms with E-state index < -0.39 is 5.41 Å². The summed E-state index contributed by atoms with van der Waals surface area (Å²) >= 11 is 0. The number of hydrogen-bond donors (Lipinski definition) is 0. The van der Waals surface area contributed by atoms with Gasteiger partial charge in [0.1, 0.15) is 6.61 Å². The molecular formula is C19H32O4. The van der Waals surface area contributed by atoms with E-state index in [0.717, 1.165) is 32.3 Å². The molecule has 0 aliphatic carbocycles. The smallest absolute Gasteiger partial charge is 0.311 e. The normalized spacial score (nSPS) is 20.0. The highest BCUT2D eigenvalue weighted by atomic mass is 16.7. The lowest BCUT2D eigenvalue weighted by molar-refractivity contribution is -0.155. The maximum atomic E-state index is 11.6. The van der Waals surface area contributed by atoms with Gasteiger partial charge in [0.2, 0.25) is 0 Å². The summed E-state index contributed by atoms with van der Waals surface area (Å²) in [6.45, 7) is 9.45. The lowest BCUT2D eigenvalue weighted by Crippen LogP contribution is -2.22. The van der Waals surface area contributed by atoms with Crippen LogP contribution in [0.25, 0.3) is 0 Å². The van der Waals surface area contributed by atoms with Crippen molar-refractivity contribution < 1.29 is 19.0 Å². The lowest BCUT2D eigenvalue weighted by Gasteiger charge is -2.22. The molecule has 1 aliphatic rings. The van der Waals surface area contributed by atoms with E-state index in [1.54, 1.807) is 0 Å². The molecule has 4 nitrogen and oxygen atoms in total. The minimum absolute atomic E-state index is 0.0230. The number of hydrogen-bond acceptors (Lipinski definition) is 4. The van der Waals surface area contributed by atoms with E-state index >= 15 is 0 Å². The molecule has 1 heterocycles. The Morgan fingerprint density at radius 2 is 2.00 bits per heavy atom. The standard InChI is InChI=1S/C19H32O4/c1-16(12-15-22-17-11-7-9-13-21-17)10-6-5-8-14-23-18(20)19(2,3)4/h5,8,12,17H,6-7,9-11,13-15H2,1-4H3/b8-5+,16-12+. The summed E-state index contributed by atoms with van der Waals surface area (Å²) in [5.41, 5.74) is 0.868. The number of allylic oxidation sites excluding steroid dienone is 2. The van der Waals surface area contributed by atoms with E-state index in [0.29, 0.717) is 13.2 Å². The van der Waals surface area contributed by atoms with Gasteiger partial charge in [-0.15, -0.1) is 0 Å². The van der Waals surface area contributed by atoms with Crippen molar-refractivity contribution in [3.05, 3.63) is 23.8 Å². The van der Waals surface area contributed by atoms with E-state index in [-0.39, 0.29) is 12.3 Å². The van der Waals surface area contributed by atoms with Crippen LogP contribution in [-0.2, 0) is 19.0 Å². The molecule has 0 aromatic heterocycles. The van der Waals surface area contributed by atoms with Gasteiger partial charge in [0.05, 0.1) is 12.0 Å². The highest BCUT2D eigenvalue weighted by molar-refractivity contribution is 5.75. The number of carbonyl (C=O) groups is 1. The number of carbonyl (C=O) groups excluding carboxylic acids is 1. The van der Waals surface area contributed by atoms with Crippen molar-refractivity contribution in [1.29, 1.82) is 0 Å². The van der Waals surface area contributed by atoms with Crippen LogP contribution < -0.4 is 0 Å². The van der Waals surface area contributed by atoms with Gasteiger partial charge in [-0.05, 0) is 59.8 Å². The van der Waals surface area contributed by atoms with Crippen LogP contribution in [0.2, 0.25) is 0 Å². The summed E-state index contributed by atoms with van der Waals surface area (Å²) in [4.78, 5) is 11.6. The molecule has 0 amide bonds. The van der Waals surface area contributed by atoms with Crippen molar-refractivity contribution in [3.8, 4) is 0 Å². The zero-order valence-corrected chi connectivity index (χ0v) is 15.1. The summed E-state index contributed by atoms with van der Waals surface area (Å²) in [6, 6.07) is 0. The van der Waals surface area contributed by atoms with Gasteiger partial charge < -0.3 is 14.2 Å². The molecule has 0 aromatic rings. The van der Waals surface area contributed by atoms with Gasteiger partial charge in [-0.3, -0.25) is 4.79 Å². The predicted molar refractivity (Wildman–Crippen MR) is 92.1 cm³/mol. The Morgan fingerprint density at radius 3 is 2.65 bits per heavy atom. The van der Waals surface area contributed by atoms with E-state index in [4.69, 9.17) is 14.2 Å². The minimum Gasteiger partial charge on any atom is -0.461 e. The topological polar surface area (TPSA) is 44.8 Å². The van der Waals surface area contributed by atoms with E-state index in [2.05, 4.69) is 19.1 Å². The number of rotatable bonds is 8. The molecule has 4 heteroatoms. The highest BCUT2D eigenvalue weighted by Gasteiger charge is 2.22. The molecule has 1 rings (SSSR count). The maximum absolute atomic E-state index is 11.6. The summed E-state index contributed by atoms with van der Waals surface area (Å²) in [5.74, 6) is -0.166. The van der Waals surface area contributed by atoms with Crippen molar-refractivity contribution in [2.75, 3.05) is 19.8 Å². The Labute approximate surface area is 140 Å². The largest absolute Gasteiger partial charge is 0.461 e. The first kappa shape index (κ1) is 19.9. The van der Waals surface area contributed by atoms with Crippen molar-refractivity contribution in [2.45, 2.75) is 66.1 Å². The van der Waals surface area contributed by atoms with E-state index in [1.165, 1.54) is 12.0 Å². The monoisotopic (exact) mass is 324 g/mol. The molecule has 0 radical (unpaired) electrons. The third-order valence-electron chi connectivity index (χ3n) is 3.65. The van der Waals surface area contributed by atoms with E-state index in [1.807, 2.05) is 26.8 Å². The van der Waals surface area contributed by atoms with Crippen LogP contribution in [0, 0.1) is 5.41 Å². The minimum atomic E-state index is -0.435. The van der Waals surface area contributed by atoms with Gasteiger partial charge in [-0.2, -0.15) is 0 Å². The third-order valence-corrected chi connectivity index (χ3v) is 3.65. The first-order valence-corrected chi connectivity index (χ1v) is 8.60. The fourth-order valence-corrected chi connectivity index (χ4v) is 2.08. The lowest BCUT2D eigenvalue weighted by atomic mass is 9.97. The van der Waals surface area contributed by atoms with Crippen molar-refractivity contribution >= 4 is 5.97 Å². The van der Waals surface area contributed by atoms with Crippen molar-refractivity contribution in [1.82, 2.24) is 0 Å². The van der Waals surface area contributed by atoms with Crippen molar-refractivity contribution in [3.63, 3.8) is 0 Å². The summed E-state index contributed by atoms with van der Waals surface area (Å²) in [6.07, 6.45) is 11.3. The Kier molecular flexibility index (Phi) is 9.19. The molecule has 23 heavy (non-hydrogen) atoms. The van der Waals surface area contributed by atoms with Crippen LogP contribution in [0.1, 0.15) is 59.8 Å². The second-order valence-corrected chi connectivity index (χ2v) is 7.04. The van der Waals surface area contributed by atoms with Crippen LogP contribution >= 0.6 is 0 Å². The molecule has 132 valence electrons. The molecule has 1 saturated heterocycles. The molecule has 0 saturated carbocycles. The Bertz CT molecular complexity index is 398. The van der Waals surface area contributed by atoms with Gasteiger partial charge in [0.15, 0.2) is 6.29 Å². The quantitative estimate of drug-likeness (QED) is 0.490. The average Bonchev–Trinajstić information content (AvgIpc) is 2.50. The molecule has 0 spiro atoms. The van der Waals surface area contributed by atoms with Gasteiger partial charge in [-0.1, -0.05) is 23.8 Å². The van der Waals surface area contributed by atoms with Crippen LogP contribution in [0.5, 0.6) is 0 Å². The SMILES string of the molecule is C/C(=C\COC1CCCCO1)CC/C=C/COC(=O)C(C)(C)C. The Balaban J connectivity index is 2.08. The molecule has 0 bridgehead atoms. The van der Waals surface area contributed by atoms with Crippen molar-refractivity contribution in [2.24, 2.45) is 5.41 Å². The third kappa shape index (κ3) is 9.57. The predicted octanol–water partition coefficient (Wildman–Crippen LogP) is 4.40. The maximum Gasteiger partial charge on any atom is 0.311 e. The van der Waals surface area contributed by atoms with Gasteiger partial charge in [0, 0.05) is 6.61 Å². The number of esters is 1. The second-order valence-electron chi connectivity index (χ2n) is 7.04. The average molecular weight is 324 g/mol. The highest BCUT2D eigenvalue weighted by Crippen LogP contribution is 2.15. The van der Waals surface area contributed by atoms with E-state index in [9.17, 15) is 4.79 Å². The fraction of sp³-hybridized carbons (Fsp3) is 0.737. The summed E-state index contributed by atoms with van der Waals surface area (Å²) in [7, 11) is 0. The van der Waals surface area contributed by atoms with Crippen LogP contribution in [0.15, 0.2) is 23.8 Å². The molecule has 1 fully saturated rings. The van der Waals surface area contributed by atoms with Crippen LogP contribution in [-0.4, -0.2) is 32.1 Å². The second kappa shape index (κ2) is 10.6. The fourth-order valence-electron chi connectivity index (χ4n) is 2.08. The van der Waals surface area contributed by atoms with Crippen LogP contribution in [0.4, 0.5) is 0 Å². The van der Waals surface area contributed by atoms with Crippen LogP contribution in [0.3, 0.4) is 0 Å². The Hall–Kier alpha value is -1.13. The molecule has 1 aliphatic heterocycles. The van der Waals surface area contributed by atoms with Gasteiger partial charge in [0.25, 0.3) is 0 Å².